The van der Waals surface area contributed by atoms with E-state index in [1.165, 1.54) is 38.5 Å². The van der Waals surface area contributed by atoms with Gasteiger partial charge in [0, 0.05) is 6.04 Å². The fraction of sp³-hybridized carbons (Fsp3) is 0.882. The number of carbonyl (C=O) groups excluding carboxylic acids is 1. The predicted molar refractivity (Wildman–Crippen MR) is 90.4 cm³/mol. The fourth-order valence-corrected chi connectivity index (χ4v) is 5.72. The van der Waals surface area contributed by atoms with Gasteiger partial charge >= 0.3 is 5.97 Å². The third kappa shape index (κ3) is 3.24. The Morgan fingerprint density at radius 2 is 1.77 bits per heavy atom. The monoisotopic (exact) mass is 324 g/mol. The van der Waals surface area contributed by atoms with Gasteiger partial charge in [0.2, 0.25) is 0 Å². The minimum absolute atomic E-state index is 0.146. The number of carbonyl (C=O) groups is 1. The third-order valence-electron chi connectivity index (χ3n) is 6.05. The van der Waals surface area contributed by atoms with Crippen LogP contribution in [0.4, 0.5) is 0 Å². The van der Waals surface area contributed by atoms with Gasteiger partial charge in [-0.1, -0.05) is 0 Å². The van der Waals surface area contributed by atoms with E-state index in [0.717, 1.165) is 17.8 Å². The van der Waals surface area contributed by atoms with Crippen molar-refractivity contribution in [1.82, 2.24) is 10.6 Å². The molecule has 4 fully saturated rings. The Morgan fingerprint density at radius 1 is 1.23 bits per heavy atom. The lowest BCUT2D eigenvalue weighted by Crippen LogP contribution is -2.57. The third-order valence-corrected chi connectivity index (χ3v) is 6.31. The number of esters is 1. The van der Waals surface area contributed by atoms with Crippen LogP contribution >= 0.6 is 12.2 Å². The minimum atomic E-state index is -0.255. The van der Waals surface area contributed by atoms with E-state index in [2.05, 4.69) is 17.6 Å². The number of thiocarbonyl (C=S) groups is 1. The van der Waals surface area contributed by atoms with E-state index < -0.39 is 0 Å². The van der Waals surface area contributed by atoms with Crippen molar-refractivity contribution in [2.24, 2.45) is 23.2 Å². The van der Waals surface area contributed by atoms with E-state index >= 15 is 0 Å². The highest BCUT2D eigenvalue weighted by Crippen LogP contribution is 2.61. The second kappa shape index (κ2) is 6.34. The molecule has 0 aliphatic heterocycles. The van der Waals surface area contributed by atoms with Gasteiger partial charge in [-0.15, -0.1) is 0 Å². The zero-order valence-corrected chi connectivity index (χ0v) is 14.5. The number of hydrogen-bond donors (Lipinski definition) is 2. The summed E-state index contributed by atoms with van der Waals surface area (Å²) in [4.78, 5) is 11.4. The number of ether oxygens (including phenoxy) is 1. The first-order valence-electron chi connectivity index (χ1n) is 8.70. The van der Waals surface area contributed by atoms with Crippen molar-refractivity contribution < 1.29 is 9.53 Å². The molecule has 22 heavy (non-hydrogen) atoms. The normalized spacial score (nSPS) is 36.7. The number of nitrogens with one attached hydrogen (secondary N) is 2. The first kappa shape index (κ1) is 16.0. The second-order valence-electron chi connectivity index (χ2n) is 7.63. The van der Waals surface area contributed by atoms with Crippen LogP contribution < -0.4 is 10.6 Å². The number of hydrogen-bond acceptors (Lipinski definition) is 3. The largest absolute Gasteiger partial charge is 0.465 e. The standard InChI is InChI=1S/C17H28N2O2S/c1-3-21-15(20)10-18-16(22)19-11(2)17-7-12-4-13(8-17)6-14(5-12)9-17/h11-14H,3-10H2,1-2H3,(H2,18,19,22). The molecule has 0 aromatic heterocycles. The van der Waals surface area contributed by atoms with E-state index in [9.17, 15) is 4.79 Å². The smallest absolute Gasteiger partial charge is 0.325 e. The molecule has 2 N–H and O–H groups in total. The van der Waals surface area contributed by atoms with Gasteiger partial charge in [0.1, 0.15) is 6.54 Å². The lowest BCUT2D eigenvalue weighted by Gasteiger charge is -2.59. The highest BCUT2D eigenvalue weighted by molar-refractivity contribution is 7.80. The second-order valence-corrected chi connectivity index (χ2v) is 8.04. The average molecular weight is 324 g/mol. The molecule has 4 nitrogen and oxygen atoms in total. The van der Waals surface area contributed by atoms with Gasteiger partial charge in [0.25, 0.3) is 0 Å². The number of rotatable bonds is 5. The van der Waals surface area contributed by atoms with Crippen LogP contribution in [0.25, 0.3) is 0 Å². The molecule has 4 saturated carbocycles. The Balaban J connectivity index is 1.52. The molecule has 0 saturated heterocycles. The molecule has 1 atom stereocenters. The van der Waals surface area contributed by atoms with Gasteiger partial charge in [-0.05, 0) is 87.8 Å². The molecule has 0 aromatic carbocycles. The first-order chi connectivity index (χ1) is 10.5. The van der Waals surface area contributed by atoms with Crippen molar-refractivity contribution in [1.29, 1.82) is 0 Å². The Bertz CT molecular complexity index is 417. The highest BCUT2D eigenvalue weighted by atomic mass is 32.1. The summed E-state index contributed by atoms with van der Waals surface area (Å²) in [5.41, 5.74) is 0.421. The zero-order valence-electron chi connectivity index (χ0n) is 13.7. The topological polar surface area (TPSA) is 50.4 Å². The van der Waals surface area contributed by atoms with Gasteiger partial charge in [0.05, 0.1) is 6.61 Å². The maximum absolute atomic E-state index is 11.4. The summed E-state index contributed by atoms with van der Waals surface area (Å²) in [6, 6.07) is 0.378. The summed E-state index contributed by atoms with van der Waals surface area (Å²) in [6.45, 7) is 4.63. The van der Waals surface area contributed by atoms with Crippen molar-refractivity contribution in [3.05, 3.63) is 0 Å². The van der Waals surface area contributed by atoms with Crippen molar-refractivity contribution in [2.45, 2.75) is 58.4 Å². The molecule has 4 aliphatic carbocycles. The quantitative estimate of drug-likeness (QED) is 0.601. The summed E-state index contributed by atoms with van der Waals surface area (Å²) in [7, 11) is 0. The Morgan fingerprint density at radius 3 is 2.27 bits per heavy atom. The van der Waals surface area contributed by atoms with Crippen molar-refractivity contribution in [2.75, 3.05) is 13.2 Å². The van der Waals surface area contributed by atoms with Crippen LogP contribution in [0.5, 0.6) is 0 Å². The molecule has 4 aliphatic rings. The van der Waals surface area contributed by atoms with E-state index in [0.29, 0.717) is 23.2 Å². The summed E-state index contributed by atoms with van der Waals surface area (Å²) in [6.07, 6.45) is 8.43. The predicted octanol–water partition coefficient (Wildman–Crippen LogP) is 2.62. The van der Waals surface area contributed by atoms with Crippen LogP contribution in [0.15, 0.2) is 0 Å². The molecular weight excluding hydrogens is 296 g/mol. The summed E-state index contributed by atoms with van der Waals surface area (Å²) >= 11 is 5.36. The minimum Gasteiger partial charge on any atom is -0.465 e. The van der Waals surface area contributed by atoms with Gasteiger partial charge in [0.15, 0.2) is 5.11 Å². The van der Waals surface area contributed by atoms with E-state index in [-0.39, 0.29) is 12.5 Å². The van der Waals surface area contributed by atoms with Crippen LogP contribution in [0.1, 0.15) is 52.4 Å². The van der Waals surface area contributed by atoms with Crippen molar-refractivity contribution in [3.8, 4) is 0 Å². The SMILES string of the molecule is CCOC(=O)CNC(=S)NC(C)C12CC3CC(CC(C3)C1)C2. The molecule has 0 radical (unpaired) electrons. The molecule has 0 heterocycles. The summed E-state index contributed by atoms with van der Waals surface area (Å²) < 4.78 is 4.91. The van der Waals surface area contributed by atoms with Crippen LogP contribution in [0.2, 0.25) is 0 Å². The lowest BCUT2D eigenvalue weighted by atomic mass is 9.48. The summed E-state index contributed by atoms with van der Waals surface area (Å²) in [5, 5.41) is 7.00. The molecule has 4 bridgehead atoms. The Kier molecular flexibility index (Phi) is 4.62. The van der Waals surface area contributed by atoms with Gasteiger partial charge < -0.3 is 15.4 Å². The highest BCUT2D eigenvalue weighted by Gasteiger charge is 2.53. The molecule has 124 valence electrons. The maximum Gasteiger partial charge on any atom is 0.325 e. The average Bonchev–Trinajstić information content (AvgIpc) is 2.44. The van der Waals surface area contributed by atoms with E-state index in [1.807, 2.05) is 6.92 Å². The molecule has 5 heteroatoms. The first-order valence-corrected chi connectivity index (χ1v) is 9.11. The Hall–Kier alpha value is -0.840. The van der Waals surface area contributed by atoms with Crippen LogP contribution in [0, 0.1) is 23.2 Å². The molecular formula is C17H28N2O2S. The zero-order chi connectivity index (χ0) is 15.7. The van der Waals surface area contributed by atoms with Crippen molar-refractivity contribution >= 4 is 23.3 Å². The van der Waals surface area contributed by atoms with E-state index in [1.54, 1.807) is 0 Å². The van der Waals surface area contributed by atoms with Crippen LogP contribution in [-0.2, 0) is 9.53 Å². The van der Waals surface area contributed by atoms with Gasteiger partial charge in [-0.25, -0.2) is 0 Å². The van der Waals surface area contributed by atoms with Gasteiger partial charge in [-0.2, -0.15) is 0 Å². The molecule has 0 amide bonds. The van der Waals surface area contributed by atoms with Crippen molar-refractivity contribution in [3.63, 3.8) is 0 Å². The Labute approximate surface area is 138 Å². The van der Waals surface area contributed by atoms with Crippen LogP contribution in [0.3, 0.4) is 0 Å². The molecule has 1 unspecified atom stereocenters. The lowest BCUT2D eigenvalue weighted by molar-refractivity contribution is -0.141. The van der Waals surface area contributed by atoms with Gasteiger partial charge in [-0.3, -0.25) is 4.79 Å². The van der Waals surface area contributed by atoms with E-state index in [4.69, 9.17) is 17.0 Å². The fourth-order valence-electron chi connectivity index (χ4n) is 5.47. The van der Waals surface area contributed by atoms with Crippen LogP contribution in [-0.4, -0.2) is 30.3 Å². The molecule has 0 spiro atoms. The molecule has 4 rings (SSSR count). The molecule has 0 aromatic rings. The summed E-state index contributed by atoms with van der Waals surface area (Å²) in [5.74, 6) is 2.57. The maximum atomic E-state index is 11.4.